The third-order valence-electron chi connectivity index (χ3n) is 4.15. The summed E-state index contributed by atoms with van der Waals surface area (Å²) in [6.07, 6.45) is 0.539. The fraction of sp³-hybridized carbons (Fsp3) is 0.800. The molecular weight excluding hydrogens is 306 g/mol. The van der Waals surface area contributed by atoms with Crippen molar-refractivity contribution in [2.75, 3.05) is 0 Å². The number of carboxylic acids is 2. The van der Waals surface area contributed by atoms with Gasteiger partial charge in [0.05, 0.1) is 23.9 Å². The Balaban J connectivity index is 2.88. The first-order chi connectivity index (χ1) is 10.3. The summed E-state index contributed by atoms with van der Waals surface area (Å²) in [6.45, 7) is 7.62. The lowest BCUT2D eigenvalue weighted by Crippen LogP contribution is -2.59. The molecule has 0 aromatic carbocycles. The molecule has 0 radical (unpaired) electrons. The number of carbonyl (C=O) groups excluding carboxylic acids is 1. The molecule has 23 heavy (non-hydrogen) atoms. The van der Waals surface area contributed by atoms with Gasteiger partial charge in [-0.15, -0.1) is 5.06 Å². The van der Waals surface area contributed by atoms with Crippen molar-refractivity contribution < 1.29 is 34.5 Å². The average Bonchev–Trinajstić information content (AvgIpc) is 2.32. The average molecular weight is 331 g/mol. The Hall–Kier alpha value is -1.67. The number of nitrogens with zero attached hydrogens (tertiary/aromatic N) is 1. The van der Waals surface area contributed by atoms with E-state index >= 15 is 0 Å². The van der Waals surface area contributed by atoms with Crippen LogP contribution in [0.1, 0.15) is 59.8 Å². The number of piperidine rings is 1. The Morgan fingerprint density at radius 3 is 1.91 bits per heavy atom. The lowest BCUT2D eigenvalue weighted by molar-refractivity contribution is -0.268. The monoisotopic (exact) mass is 331 g/mol. The van der Waals surface area contributed by atoms with Crippen molar-refractivity contribution in [1.29, 1.82) is 0 Å². The van der Waals surface area contributed by atoms with Gasteiger partial charge in [0.15, 0.2) is 5.60 Å². The van der Waals surface area contributed by atoms with Crippen LogP contribution in [-0.4, -0.2) is 55.0 Å². The smallest absolute Gasteiger partial charge is 0.336 e. The number of carboxylic acid groups (broad SMARTS) is 2. The van der Waals surface area contributed by atoms with Crippen LogP contribution in [0.4, 0.5) is 0 Å². The number of rotatable bonds is 6. The fourth-order valence-corrected chi connectivity index (χ4v) is 3.06. The SMILES string of the molecule is CC1(C)CCCC(C)(C)N1OC(=O)CC(O)(CC(=O)O)C(=O)O. The van der Waals surface area contributed by atoms with Crippen molar-refractivity contribution in [1.82, 2.24) is 5.06 Å². The zero-order valence-corrected chi connectivity index (χ0v) is 14.0. The molecule has 1 atom stereocenters. The first kappa shape index (κ1) is 19.4. The van der Waals surface area contributed by atoms with Crippen LogP contribution in [0.2, 0.25) is 0 Å². The van der Waals surface area contributed by atoms with E-state index in [0.717, 1.165) is 19.3 Å². The zero-order chi connectivity index (χ0) is 18.1. The highest BCUT2D eigenvalue weighted by atomic mass is 16.7. The van der Waals surface area contributed by atoms with E-state index in [0.29, 0.717) is 0 Å². The minimum atomic E-state index is -2.69. The van der Waals surface area contributed by atoms with E-state index in [1.54, 1.807) is 0 Å². The van der Waals surface area contributed by atoms with Crippen molar-refractivity contribution in [3.8, 4) is 0 Å². The van der Waals surface area contributed by atoms with Gasteiger partial charge >= 0.3 is 17.9 Å². The number of aliphatic carboxylic acids is 2. The van der Waals surface area contributed by atoms with Gasteiger partial charge in [-0.1, -0.05) is 0 Å². The van der Waals surface area contributed by atoms with Gasteiger partial charge in [-0.3, -0.25) is 9.59 Å². The number of hydrogen-bond acceptors (Lipinski definition) is 6. The maximum atomic E-state index is 12.1. The Labute approximate surface area is 135 Å². The second-order valence-corrected chi connectivity index (χ2v) is 7.32. The summed E-state index contributed by atoms with van der Waals surface area (Å²) in [5, 5.41) is 29.2. The van der Waals surface area contributed by atoms with Crippen LogP contribution in [0.15, 0.2) is 0 Å². The summed E-state index contributed by atoms with van der Waals surface area (Å²) >= 11 is 0. The highest BCUT2D eigenvalue weighted by Crippen LogP contribution is 2.38. The summed E-state index contributed by atoms with van der Waals surface area (Å²) in [7, 11) is 0. The van der Waals surface area contributed by atoms with E-state index < -0.39 is 47.4 Å². The quantitative estimate of drug-likeness (QED) is 0.662. The Kier molecular flexibility index (Phi) is 5.43. The first-order valence-electron chi connectivity index (χ1n) is 7.49. The predicted molar refractivity (Wildman–Crippen MR) is 79.4 cm³/mol. The molecule has 1 saturated heterocycles. The first-order valence-corrected chi connectivity index (χ1v) is 7.49. The van der Waals surface area contributed by atoms with Crippen molar-refractivity contribution in [2.24, 2.45) is 0 Å². The van der Waals surface area contributed by atoms with Crippen LogP contribution in [-0.2, 0) is 19.2 Å². The number of carbonyl (C=O) groups is 3. The predicted octanol–water partition coefficient (Wildman–Crippen LogP) is 1.17. The lowest BCUT2D eigenvalue weighted by atomic mass is 9.82. The molecule has 8 heteroatoms. The molecule has 1 aliphatic heterocycles. The molecule has 0 aromatic rings. The number of hydrogen-bond donors (Lipinski definition) is 3. The van der Waals surface area contributed by atoms with Crippen molar-refractivity contribution in [3.05, 3.63) is 0 Å². The van der Waals surface area contributed by atoms with Crippen LogP contribution in [0.5, 0.6) is 0 Å². The number of aliphatic hydroxyl groups is 1. The van der Waals surface area contributed by atoms with Gasteiger partial charge in [-0.05, 0) is 47.0 Å². The molecule has 0 bridgehead atoms. The van der Waals surface area contributed by atoms with Gasteiger partial charge in [0.2, 0.25) is 0 Å². The molecule has 3 N–H and O–H groups in total. The summed E-state index contributed by atoms with van der Waals surface area (Å²) in [5.41, 5.74) is -3.57. The molecule has 0 aromatic heterocycles. The maximum Gasteiger partial charge on any atom is 0.336 e. The van der Waals surface area contributed by atoms with E-state index in [1.165, 1.54) is 5.06 Å². The van der Waals surface area contributed by atoms with Gasteiger partial charge in [-0.25, -0.2) is 4.79 Å². The van der Waals surface area contributed by atoms with Crippen LogP contribution in [0.3, 0.4) is 0 Å². The normalized spacial score (nSPS) is 22.8. The molecular formula is C15H25NO7. The van der Waals surface area contributed by atoms with Gasteiger partial charge < -0.3 is 20.2 Å². The fourth-order valence-electron chi connectivity index (χ4n) is 3.06. The highest BCUT2D eigenvalue weighted by molar-refractivity contribution is 5.88. The van der Waals surface area contributed by atoms with E-state index in [2.05, 4.69) is 0 Å². The third-order valence-corrected chi connectivity index (χ3v) is 4.15. The topological polar surface area (TPSA) is 124 Å². The van der Waals surface area contributed by atoms with Gasteiger partial charge in [0.1, 0.15) is 0 Å². The lowest BCUT2D eigenvalue weighted by Gasteiger charge is -2.50. The highest BCUT2D eigenvalue weighted by Gasteiger charge is 2.47. The Morgan fingerprint density at radius 2 is 1.52 bits per heavy atom. The minimum absolute atomic E-state index is 0.439. The summed E-state index contributed by atoms with van der Waals surface area (Å²) in [6, 6.07) is 0. The molecule has 0 amide bonds. The minimum Gasteiger partial charge on any atom is -0.481 e. The number of hydroxylamine groups is 2. The molecule has 132 valence electrons. The van der Waals surface area contributed by atoms with Crippen LogP contribution < -0.4 is 0 Å². The molecule has 1 aliphatic rings. The second-order valence-electron chi connectivity index (χ2n) is 7.32. The van der Waals surface area contributed by atoms with Crippen LogP contribution in [0.25, 0.3) is 0 Å². The Bertz CT molecular complexity index is 484. The molecule has 8 nitrogen and oxygen atoms in total. The molecule has 1 fully saturated rings. The molecule has 0 saturated carbocycles. The largest absolute Gasteiger partial charge is 0.481 e. The summed E-state index contributed by atoms with van der Waals surface area (Å²) in [4.78, 5) is 39.3. The molecule has 0 aliphatic carbocycles. The zero-order valence-electron chi connectivity index (χ0n) is 14.0. The van der Waals surface area contributed by atoms with E-state index in [-0.39, 0.29) is 0 Å². The second kappa shape index (κ2) is 6.45. The molecule has 1 heterocycles. The van der Waals surface area contributed by atoms with Crippen LogP contribution >= 0.6 is 0 Å². The molecule has 0 spiro atoms. The van der Waals surface area contributed by atoms with E-state index in [4.69, 9.17) is 15.1 Å². The van der Waals surface area contributed by atoms with Gasteiger partial charge in [0.25, 0.3) is 0 Å². The standard InChI is InChI=1S/C15H25NO7/c1-13(2)6-5-7-14(3,4)16(13)23-11(19)9-15(22,12(20)21)8-10(17)18/h22H,5-9H2,1-4H3,(H,17,18)(H,20,21). The third kappa shape index (κ3) is 4.65. The van der Waals surface area contributed by atoms with Crippen molar-refractivity contribution in [3.63, 3.8) is 0 Å². The van der Waals surface area contributed by atoms with Crippen molar-refractivity contribution >= 4 is 17.9 Å². The maximum absolute atomic E-state index is 12.1. The van der Waals surface area contributed by atoms with E-state index in [9.17, 15) is 19.5 Å². The summed E-state index contributed by atoms with van der Waals surface area (Å²) < 4.78 is 0. The molecule has 1 rings (SSSR count). The molecule has 1 unspecified atom stereocenters. The summed E-state index contributed by atoms with van der Waals surface area (Å²) in [5.74, 6) is -4.26. The van der Waals surface area contributed by atoms with Gasteiger partial charge in [-0.2, -0.15) is 0 Å². The van der Waals surface area contributed by atoms with Crippen LogP contribution in [0, 0.1) is 0 Å². The Morgan fingerprint density at radius 1 is 1.04 bits per heavy atom. The van der Waals surface area contributed by atoms with Gasteiger partial charge in [0, 0.05) is 0 Å². The van der Waals surface area contributed by atoms with Crippen molar-refractivity contribution in [2.45, 2.75) is 76.5 Å². The van der Waals surface area contributed by atoms with E-state index in [1.807, 2.05) is 27.7 Å².